The lowest BCUT2D eigenvalue weighted by molar-refractivity contribution is -0.213. The summed E-state index contributed by atoms with van der Waals surface area (Å²) in [7, 11) is 1.47. The van der Waals surface area contributed by atoms with E-state index >= 15 is 0 Å². The Morgan fingerprint density at radius 2 is 2.20 bits per heavy atom. The van der Waals surface area contributed by atoms with E-state index in [-0.39, 0.29) is 0 Å². The molecule has 1 aliphatic rings. The zero-order chi connectivity index (χ0) is 21.5. The van der Waals surface area contributed by atoms with Crippen LogP contribution in [0.1, 0.15) is 5.56 Å². The Kier molecular flexibility index (Phi) is 6.38. The standard InChI is InChI=1S/C18H18Cl2N4O4S2/c1-27-15-17(29)28-13(8-25)14(26)18(15,10-6-9(19)2-3-11(10)20)24-7-12(22-23-24)16-21-4-5-30-16/h2-7,13-15,17,25-26,29H,8H2,1H3/t13-,14+,15+,17-,18+/m0/s1. The molecular weight excluding hydrogens is 471 g/mol. The number of halogens is 2. The Bertz CT molecular complexity index is 1020. The number of methoxy groups -OCH3 is 1. The Labute approximate surface area is 191 Å². The molecule has 4 rings (SSSR count). The molecule has 8 nitrogen and oxygen atoms in total. The predicted molar refractivity (Wildman–Crippen MR) is 116 cm³/mol. The fourth-order valence-electron chi connectivity index (χ4n) is 3.83. The highest BCUT2D eigenvalue weighted by atomic mass is 35.5. The summed E-state index contributed by atoms with van der Waals surface area (Å²) in [6.45, 7) is -0.456. The highest BCUT2D eigenvalue weighted by Gasteiger charge is 2.60. The fourth-order valence-corrected chi connectivity index (χ4v) is 5.36. The number of hydrogen-bond acceptors (Lipinski definition) is 9. The van der Waals surface area contributed by atoms with Gasteiger partial charge in [-0.15, -0.1) is 29.1 Å². The first-order chi connectivity index (χ1) is 14.4. The molecule has 1 aromatic carbocycles. The van der Waals surface area contributed by atoms with Crippen LogP contribution in [0.4, 0.5) is 0 Å². The second-order valence-corrected chi connectivity index (χ2v) is 8.93. The SMILES string of the molecule is CO[C@@H]1[C@H](S)O[C@@H](CO)[C@@H](O)[C@@]1(c1cc(Cl)ccc1Cl)n1cc(-c2nccs2)nn1. The van der Waals surface area contributed by atoms with Crippen molar-refractivity contribution in [2.45, 2.75) is 29.3 Å². The maximum atomic E-state index is 11.5. The van der Waals surface area contributed by atoms with E-state index in [9.17, 15) is 10.2 Å². The third kappa shape index (κ3) is 3.45. The van der Waals surface area contributed by atoms with Crippen LogP contribution in [-0.2, 0) is 15.0 Å². The average molecular weight is 489 g/mol. The van der Waals surface area contributed by atoms with Crippen LogP contribution in [-0.4, -0.2) is 67.7 Å². The largest absolute Gasteiger partial charge is 0.394 e. The smallest absolute Gasteiger partial charge is 0.149 e. The normalized spacial score (nSPS) is 29.3. The maximum absolute atomic E-state index is 11.5. The van der Waals surface area contributed by atoms with E-state index in [4.69, 9.17) is 32.7 Å². The first-order valence-electron chi connectivity index (χ1n) is 8.87. The quantitative estimate of drug-likeness (QED) is 0.474. The van der Waals surface area contributed by atoms with Gasteiger partial charge in [-0.05, 0) is 18.2 Å². The van der Waals surface area contributed by atoms with Gasteiger partial charge in [0.1, 0.15) is 40.0 Å². The molecule has 12 heteroatoms. The van der Waals surface area contributed by atoms with Crippen LogP contribution in [0.25, 0.3) is 10.7 Å². The molecule has 0 bridgehead atoms. The summed E-state index contributed by atoms with van der Waals surface area (Å²) in [4.78, 5) is 4.26. The van der Waals surface area contributed by atoms with Crippen molar-refractivity contribution in [3.05, 3.63) is 51.6 Å². The van der Waals surface area contributed by atoms with Crippen LogP contribution in [0.5, 0.6) is 0 Å². The fraction of sp³-hybridized carbons (Fsp3) is 0.389. The zero-order valence-corrected chi connectivity index (χ0v) is 18.8. The molecule has 2 N–H and O–H groups in total. The Morgan fingerprint density at radius 1 is 1.40 bits per heavy atom. The number of benzene rings is 1. The van der Waals surface area contributed by atoms with Crippen molar-refractivity contribution in [3.8, 4) is 10.7 Å². The predicted octanol–water partition coefficient (Wildman–Crippen LogP) is 2.47. The van der Waals surface area contributed by atoms with E-state index in [1.54, 1.807) is 30.6 Å². The molecular formula is C18H18Cl2N4O4S2. The Hall–Kier alpha value is -1.24. The summed E-state index contributed by atoms with van der Waals surface area (Å²) >= 11 is 18.8. The van der Waals surface area contributed by atoms with Gasteiger partial charge in [0.25, 0.3) is 0 Å². The minimum absolute atomic E-state index is 0.325. The van der Waals surface area contributed by atoms with Gasteiger partial charge in [-0.3, -0.25) is 0 Å². The first-order valence-corrected chi connectivity index (χ1v) is 11.0. The second kappa shape index (κ2) is 8.71. The van der Waals surface area contributed by atoms with Crippen LogP contribution in [0.3, 0.4) is 0 Å². The van der Waals surface area contributed by atoms with Gasteiger partial charge in [0.2, 0.25) is 0 Å². The van der Waals surface area contributed by atoms with Crippen molar-refractivity contribution in [3.63, 3.8) is 0 Å². The van der Waals surface area contributed by atoms with Gasteiger partial charge in [-0.1, -0.05) is 28.4 Å². The van der Waals surface area contributed by atoms with Gasteiger partial charge in [-0.25, -0.2) is 9.67 Å². The third-order valence-corrected chi connectivity index (χ3v) is 6.88. The summed E-state index contributed by atoms with van der Waals surface area (Å²) in [6, 6.07) is 4.89. The first kappa shape index (κ1) is 22.0. The average Bonchev–Trinajstić information content (AvgIpc) is 3.43. The van der Waals surface area contributed by atoms with Gasteiger partial charge in [-0.2, -0.15) is 0 Å². The lowest BCUT2D eigenvalue weighted by Gasteiger charge is -2.51. The minimum Gasteiger partial charge on any atom is -0.394 e. The topological polar surface area (TPSA) is 103 Å². The number of hydrogen-bond donors (Lipinski definition) is 3. The van der Waals surface area contributed by atoms with Crippen LogP contribution < -0.4 is 0 Å². The molecule has 5 atom stereocenters. The number of nitrogens with zero attached hydrogens (tertiary/aromatic N) is 4. The van der Waals surface area contributed by atoms with Crippen LogP contribution in [0.15, 0.2) is 36.0 Å². The number of thiazole rings is 1. The number of rotatable bonds is 5. The summed E-state index contributed by atoms with van der Waals surface area (Å²) in [5.74, 6) is 0. The van der Waals surface area contributed by atoms with Crippen LogP contribution in [0.2, 0.25) is 10.0 Å². The molecule has 3 heterocycles. The zero-order valence-electron chi connectivity index (χ0n) is 15.6. The molecule has 1 saturated heterocycles. The van der Waals surface area contributed by atoms with E-state index in [0.717, 1.165) is 0 Å². The van der Waals surface area contributed by atoms with Crippen molar-refractivity contribution in [2.75, 3.05) is 13.7 Å². The van der Waals surface area contributed by atoms with E-state index in [0.29, 0.717) is 26.3 Å². The van der Waals surface area contributed by atoms with Gasteiger partial charge in [0.15, 0.2) is 0 Å². The molecule has 0 spiro atoms. The lowest BCUT2D eigenvalue weighted by atomic mass is 9.75. The van der Waals surface area contributed by atoms with E-state index in [2.05, 4.69) is 27.9 Å². The summed E-state index contributed by atoms with van der Waals surface area (Å²) in [5.41, 5.74) is -1.32. The maximum Gasteiger partial charge on any atom is 0.149 e. The molecule has 30 heavy (non-hydrogen) atoms. The molecule has 0 unspecified atom stereocenters. The van der Waals surface area contributed by atoms with Crippen molar-refractivity contribution >= 4 is 47.2 Å². The van der Waals surface area contributed by atoms with Crippen molar-refractivity contribution in [1.82, 2.24) is 20.0 Å². The monoisotopic (exact) mass is 488 g/mol. The molecule has 1 aliphatic heterocycles. The molecule has 2 aromatic heterocycles. The third-order valence-electron chi connectivity index (χ3n) is 5.13. The van der Waals surface area contributed by atoms with Crippen molar-refractivity contribution in [2.24, 2.45) is 0 Å². The summed E-state index contributed by atoms with van der Waals surface area (Å²) < 4.78 is 12.9. The molecule has 3 aromatic rings. The molecule has 0 aliphatic carbocycles. The molecule has 0 radical (unpaired) electrons. The van der Waals surface area contributed by atoms with Gasteiger partial charge in [0, 0.05) is 34.3 Å². The van der Waals surface area contributed by atoms with Gasteiger partial charge in [0.05, 0.1) is 12.8 Å². The number of ether oxygens (including phenoxy) is 2. The number of thiol groups is 1. The van der Waals surface area contributed by atoms with E-state index in [1.165, 1.54) is 23.1 Å². The summed E-state index contributed by atoms with van der Waals surface area (Å²) in [6.07, 6.45) is 0.139. The number of aliphatic hydroxyl groups excluding tert-OH is 2. The van der Waals surface area contributed by atoms with Crippen LogP contribution >= 0.6 is 47.2 Å². The van der Waals surface area contributed by atoms with Gasteiger partial charge < -0.3 is 19.7 Å². The number of aliphatic hydroxyl groups is 2. The molecule has 0 saturated carbocycles. The molecule has 1 fully saturated rings. The van der Waals surface area contributed by atoms with Crippen molar-refractivity contribution < 1.29 is 19.7 Å². The van der Waals surface area contributed by atoms with E-state index < -0.39 is 35.9 Å². The Balaban J connectivity index is 2.01. The highest BCUT2D eigenvalue weighted by Crippen LogP contribution is 2.46. The molecule has 0 amide bonds. The summed E-state index contributed by atoms with van der Waals surface area (Å²) in [5, 5.41) is 33.1. The lowest BCUT2D eigenvalue weighted by Crippen LogP contribution is -2.67. The second-order valence-electron chi connectivity index (χ2n) is 6.68. The highest BCUT2D eigenvalue weighted by molar-refractivity contribution is 7.80. The molecule has 160 valence electrons. The van der Waals surface area contributed by atoms with Crippen molar-refractivity contribution in [1.29, 1.82) is 0 Å². The Morgan fingerprint density at radius 3 is 2.87 bits per heavy atom. The van der Waals surface area contributed by atoms with Gasteiger partial charge >= 0.3 is 0 Å². The minimum atomic E-state index is -1.45. The number of aromatic nitrogens is 4. The van der Waals surface area contributed by atoms with E-state index in [1.807, 2.05) is 5.38 Å². The van der Waals surface area contributed by atoms with Crippen LogP contribution in [0, 0.1) is 0 Å².